The summed E-state index contributed by atoms with van der Waals surface area (Å²) in [7, 11) is 0. The highest BCUT2D eigenvalue weighted by Gasteiger charge is 2.10. The lowest BCUT2D eigenvalue weighted by molar-refractivity contribution is -0.299. The van der Waals surface area contributed by atoms with Gasteiger partial charge in [0.05, 0.1) is 5.97 Å². The summed E-state index contributed by atoms with van der Waals surface area (Å²) in [6.45, 7) is 3.57. The molecule has 0 atom stereocenters. The molecule has 1 rings (SSSR count). The molecule has 0 saturated carbocycles. The Hall–Kier alpha value is -1.05. The van der Waals surface area contributed by atoms with E-state index >= 15 is 0 Å². The molecule has 0 heterocycles. The first-order chi connectivity index (χ1) is 5.25. The monoisotopic (exact) mass is 151 g/mol. The van der Waals surface area contributed by atoms with Gasteiger partial charge in [0.1, 0.15) is 0 Å². The minimum Gasteiger partial charge on any atom is -0.545 e. The normalized spacial score (nSPS) is 18.2. The van der Waals surface area contributed by atoms with Crippen molar-refractivity contribution in [3.05, 3.63) is 23.8 Å². The first-order valence-corrected chi connectivity index (χ1v) is 3.81. The molecule has 1 aliphatic rings. The van der Waals surface area contributed by atoms with Crippen LogP contribution in [0.15, 0.2) is 23.8 Å². The van der Waals surface area contributed by atoms with E-state index < -0.39 is 5.97 Å². The Balaban J connectivity index is 2.90. The van der Waals surface area contributed by atoms with Crippen LogP contribution in [-0.4, -0.2) is 5.97 Å². The standard InChI is InChI=1S/C9H12O2/c1-2-7-5-3-4-6-8(7)9(10)11/h2H,1,3-6H2,(H,10,11)/p-1. The van der Waals surface area contributed by atoms with Crippen molar-refractivity contribution in [2.45, 2.75) is 25.7 Å². The zero-order chi connectivity index (χ0) is 8.27. The number of aliphatic carboxylic acids is 1. The molecule has 1 aliphatic carbocycles. The first-order valence-electron chi connectivity index (χ1n) is 3.81. The molecule has 0 spiro atoms. The molecular formula is C9H11O2-. The molecule has 0 aromatic carbocycles. The summed E-state index contributed by atoms with van der Waals surface area (Å²) in [5, 5.41) is 10.5. The highest BCUT2D eigenvalue weighted by molar-refractivity contribution is 5.86. The maximum atomic E-state index is 10.5. The summed E-state index contributed by atoms with van der Waals surface area (Å²) in [6.07, 6.45) is 5.14. The fourth-order valence-corrected chi connectivity index (χ4v) is 1.39. The third-order valence-corrected chi connectivity index (χ3v) is 2.00. The second-order valence-electron chi connectivity index (χ2n) is 2.70. The highest BCUT2D eigenvalue weighted by Crippen LogP contribution is 2.24. The zero-order valence-electron chi connectivity index (χ0n) is 6.43. The Bertz CT molecular complexity index is 214. The smallest absolute Gasteiger partial charge is 0.0677 e. The summed E-state index contributed by atoms with van der Waals surface area (Å²) < 4.78 is 0. The molecule has 0 radical (unpaired) electrons. The van der Waals surface area contributed by atoms with Crippen molar-refractivity contribution in [1.29, 1.82) is 0 Å². The van der Waals surface area contributed by atoms with E-state index in [0.29, 0.717) is 12.0 Å². The fraction of sp³-hybridized carbons (Fsp3) is 0.444. The van der Waals surface area contributed by atoms with Gasteiger partial charge >= 0.3 is 0 Å². The van der Waals surface area contributed by atoms with Gasteiger partial charge in [-0.25, -0.2) is 0 Å². The molecular weight excluding hydrogens is 140 g/mol. The molecule has 0 saturated heterocycles. The second kappa shape index (κ2) is 3.37. The van der Waals surface area contributed by atoms with Crippen LogP contribution in [0.5, 0.6) is 0 Å². The molecule has 0 bridgehead atoms. The number of carbonyl (C=O) groups excluding carboxylic acids is 1. The van der Waals surface area contributed by atoms with Gasteiger partial charge in [-0.2, -0.15) is 0 Å². The van der Waals surface area contributed by atoms with Crippen molar-refractivity contribution in [3.63, 3.8) is 0 Å². The minimum absolute atomic E-state index is 0.450. The van der Waals surface area contributed by atoms with E-state index in [0.717, 1.165) is 24.8 Å². The molecule has 60 valence electrons. The Morgan fingerprint density at radius 1 is 1.45 bits per heavy atom. The van der Waals surface area contributed by atoms with E-state index in [-0.39, 0.29) is 0 Å². The van der Waals surface area contributed by atoms with Gasteiger partial charge in [0.15, 0.2) is 0 Å². The first kappa shape index (κ1) is 8.05. The molecule has 0 aromatic heterocycles. The van der Waals surface area contributed by atoms with Gasteiger partial charge in [-0.3, -0.25) is 0 Å². The van der Waals surface area contributed by atoms with Crippen LogP contribution in [0.25, 0.3) is 0 Å². The molecule has 0 N–H and O–H groups in total. The summed E-state index contributed by atoms with van der Waals surface area (Å²) >= 11 is 0. The lowest BCUT2D eigenvalue weighted by Crippen LogP contribution is -2.26. The lowest BCUT2D eigenvalue weighted by Gasteiger charge is -2.18. The van der Waals surface area contributed by atoms with Gasteiger partial charge in [-0.05, 0) is 36.8 Å². The Kier molecular flexibility index (Phi) is 2.47. The van der Waals surface area contributed by atoms with Gasteiger partial charge in [-0.1, -0.05) is 12.7 Å². The Morgan fingerprint density at radius 2 is 2.09 bits per heavy atom. The third-order valence-electron chi connectivity index (χ3n) is 2.00. The van der Waals surface area contributed by atoms with E-state index in [9.17, 15) is 9.90 Å². The largest absolute Gasteiger partial charge is 0.545 e. The van der Waals surface area contributed by atoms with Crippen LogP contribution in [0.3, 0.4) is 0 Å². The number of hydrogen-bond acceptors (Lipinski definition) is 2. The second-order valence-corrected chi connectivity index (χ2v) is 2.70. The Morgan fingerprint density at radius 3 is 2.55 bits per heavy atom. The van der Waals surface area contributed by atoms with Gasteiger partial charge < -0.3 is 9.90 Å². The average molecular weight is 151 g/mol. The fourth-order valence-electron chi connectivity index (χ4n) is 1.39. The number of carboxylic acid groups (broad SMARTS) is 1. The highest BCUT2D eigenvalue weighted by atomic mass is 16.4. The molecule has 11 heavy (non-hydrogen) atoms. The third kappa shape index (κ3) is 1.70. The predicted octanol–water partition coefficient (Wildman–Crippen LogP) is 0.793. The maximum absolute atomic E-state index is 10.5. The topological polar surface area (TPSA) is 40.1 Å². The van der Waals surface area contributed by atoms with Crippen LogP contribution in [0.4, 0.5) is 0 Å². The van der Waals surface area contributed by atoms with Crippen molar-refractivity contribution >= 4 is 5.97 Å². The zero-order valence-corrected chi connectivity index (χ0v) is 6.43. The number of hydrogen-bond donors (Lipinski definition) is 0. The molecule has 0 unspecified atom stereocenters. The average Bonchev–Trinajstić information content (AvgIpc) is 2.04. The van der Waals surface area contributed by atoms with Crippen molar-refractivity contribution in [1.82, 2.24) is 0 Å². The van der Waals surface area contributed by atoms with E-state index in [1.54, 1.807) is 6.08 Å². The molecule has 0 aliphatic heterocycles. The van der Waals surface area contributed by atoms with E-state index in [1.807, 2.05) is 0 Å². The molecule has 2 heteroatoms. The van der Waals surface area contributed by atoms with Crippen LogP contribution in [0, 0.1) is 0 Å². The summed E-state index contributed by atoms with van der Waals surface area (Å²) in [5.74, 6) is -1.03. The quantitative estimate of drug-likeness (QED) is 0.585. The van der Waals surface area contributed by atoms with E-state index in [2.05, 4.69) is 6.58 Å². The maximum Gasteiger partial charge on any atom is 0.0677 e. The van der Waals surface area contributed by atoms with Crippen molar-refractivity contribution in [2.75, 3.05) is 0 Å². The van der Waals surface area contributed by atoms with Crippen LogP contribution >= 0.6 is 0 Å². The van der Waals surface area contributed by atoms with Gasteiger partial charge in [-0.15, -0.1) is 0 Å². The van der Waals surface area contributed by atoms with Crippen LogP contribution in [0.2, 0.25) is 0 Å². The predicted molar refractivity (Wildman–Crippen MR) is 40.7 cm³/mol. The summed E-state index contributed by atoms with van der Waals surface area (Å²) in [4.78, 5) is 10.5. The minimum atomic E-state index is -1.03. The number of allylic oxidation sites excluding steroid dienone is 2. The van der Waals surface area contributed by atoms with Crippen LogP contribution in [0.1, 0.15) is 25.7 Å². The molecule has 0 amide bonds. The molecule has 0 aromatic rings. The van der Waals surface area contributed by atoms with E-state index in [1.165, 1.54) is 0 Å². The van der Waals surface area contributed by atoms with Gasteiger partial charge in [0.25, 0.3) is 0 Å². The number of carboxylic acids is 1. The van der Waals surface area contributed by atoms with Crippen molar-refractivity contribution in [3.8, 4) is 0 Å². The number of rotatable bonds is 2. The van der Waals surface area contributed by atoms with Crippen molar-refractivity contribution < 1.29 is 9.90 Å². The van der Waals surface area contributed by atoms with Gasteiger partial charge in [0, 0.05) is 0 Å². The Labute approximate surface area is 66.2 Å². The number of carbonyl (C=O) groups is 1. The van der Waals surface area contributed by atoms with E-state index in [4.69, 9.17) is 0 Å². The van der Waals surface area contributed by atoms with Gasteiger partial charge in [0.2, 0.25) is 0 Å². The SMILES string of the molecule is C=CC1=C(C(=O)[O-])CCCC1. The van der Waals surface area contributed by atoms with Crippen LogP contribution in [-0.2, 0) is 4.79 Å². The summed E-state index contributed by atoms with van der Waals surface area (Å²) in [5.41, 5.74) is 1.31. The molecule has 2 nitrogen and oxygen atoms in total. The summed E-state index contributed by atoms with van der Waals surface area (Å²) in [6, 6.07) is 0. The molecule has 0 fully saturated rings. The van der Waals surface area contributed by atoms with Crippen molar-refractivity contribution in [2.24, 2.45) is 0 Å². The van der Waals surface area contributed by atoms with Crippen LogP contribution < -0.4 is 5.11 Å². The lowest BCUT2D eigenvalue weighted by atomic mass is 9.92.